The molecule has 2 bridgehead atoms. The van der Waals surface area contributed by atoms with Crippen LogP contribution >= 0.6 is 0 Å². The number of halogens is 1. The number of hydrogen-bond acceptors (Lipinski definition) is 6. The van der Waals surface area contributed by atoms with E-state index in [0.717, 1.165) is 5.56 Å². The lowest BCUT2D eigenvalue weighted by atomic mass is 10.1. The van der Waals surface area contributed by atoms with Crippen LogP contribution in [0.4, 0.5) is 4.39 Å². The summed E-state index contributed by atoms with van der Waals surface area (Å²) < 4.78 is 27.3. The first-order valence-electron chi connectivity index (χ1n) is 10.8. The smallest absolute Gasteiger partial charge is 0.290 e. The van der Waals surface area contributed by atoms with Crippen molar-refractivity contribution >= 4 is 22.8 Å². The Kier molecular flexibility index (Phi) is 5.70. The van der Waals surface area contributed by atoms with Gasteiger partial charge in [0, 0.05) is 16.5 Å². The van der Waals surface area contributed by atoms with Crippen LogP contribution in [0.2, 0.25) is 0 Å². The molecule has 0 saturated carbocycles. The molecule has 0 radical (unpaired) electrons. The summed E-state index contributed by atoms with van der Waals surface area (Å²) in [4.78, 5) is 27.4. The second kappa shape index (κ2) is 8.97. The molecular formula is C24H22FN5O4. The SMILES string of the molecule is Cc1c(C(=O)N2Cc3cn(nn3)CC(=O)NCCOc3ccccc3C2)oc2c(F)cccc12. The Bertz CT molecular complexity index is 1380. The molecule has 1 aliphatic rings. The Morgan fingerprint density at radius 2 is 1.97 bits per heavy atom. The van der Waals surface area contributed by atoms with E-state index >= 15 is 0 Å². The van der Waals surface area contributed by atoms with Crippen molar-refractivity contribution in [2.45, 2.75) is 26.6 Å². The van der Waals surface area contributed by atoms with Crippen LogP contribution in [0.3, 0.4) is 0 Å². The largest absolute Gasteiger partial charge is 0.491 e. The van der Waals surface area contributed by atoms with E-state index in [2.05, 4.69) is 15.6 Å². The van der Waals surface area contributed by atoms with E-state index in [1.165, 1.54) is 10.7 Å². The standard InChI is InChI=1S/C24H22FN5O4/c1-15-18-6-4-7-19(25)23(18)34-22(15)24(32)29-11-16-5-2-3-8-20(16)33-10-9-26-21(31)14-30-13-17(12-29)27-28-30/h2-8,13H,9-12,14H2,1H3,(H,26,31). The quantitative estimate of drug-likeness (QED) is 0.466. The Morgan fingerprint density at radius 3 is 2.82 bits per heavy atom. The predicted octanol–water partition coefficient (Wildman–Crippen LogP) is 2.82. The van der Waals surface area contributed by atoms with Crippen LogP contribution in [0, 0.1) is 12.7 Å². The Labute approximate surface area is 194 Å². The molecule has 174 valence electrons. The molecule has 3 heterocycles. The minimum Gasteiger partial charge on any atom is -0.491 e. The second-order valence-corrected chi connectivity index (χ2v) is 8.05. The lowest BCUT2D eigenvalue weighted by Gasteiger charge is -2.23. The minimum atomic E-state index is -0.527. The highest BCUT2D eigenvalue weighted by Crippen LogP contribution is 2.29. The van der Waals surface area contributed by atoms with Crippen LogP contribution in [0.15, 0.2) is 53.1 Å². The number of aromatic nitrogens is 3. The number of para-hydroxylation sites is 2. The number of nitrogens with one attached hydrogen (secondary N) is 1. The molecule has 0 spiro atoms. The van der Waals surface area contributed by atoms with Gasteiger partial charge in [0.05, 0.1) is 25.8 Å². The van der Waals surface area contributed by atoms with Gasteiger partial charge in [-0.25, -0.2) is 9.07 Å². The van der Waals surface area contributed by atoms with E-state index < -0.39 is 11.7 Å². The van der Waals surface area contributed by atoms with Gasteiger partial charge in [-0.1, -0.05) is 35.5 Å². The van der Waals surface area contributed by atoms with Gasteiger partial charge in [-0.05, 0) is 19.1 Å². The highest BCUT2D eigenvalue weighted by Gasteiger charge is 2.26. The number of rotatable bonds is 1. The molecule has 0 atom stereocenters. The summed E-state index contributed by atoms with van der Waals surface area (Å²) in [6.45, 7) is 2.62. The zero-order valence-electron chi connectivity index (χ0n) is 18.5. The van der Waals surface area contributed by atoms with Crippen LogP contribution in [-0.2, 0) is 24.4 Å². The molecule has 9 nitrogen and oxygen atoms in total. The maximum absolute atomic E-state index is 14.3. The van der Waals surface area contributed by atoms with Crippen molar-refractivity contribution in [3.8, 4) is 5.75 Å². The van der Waals surface area contributed by atoms with Crippen molar-refractivity contribution in [3.63, 3.8) is 0 Å². The van der Waals surface area contributed by atoms with Gasteiger partial charge in [0.15, 0.2) is 17.2 Å². The molecule has 0 unspecified atom stereocenters. The molecule has 2 aromatic carbocycles. The van der Waals surface area contributed by atoms with E-state index in [-0.39, 0.29) is 43.5 Å². The van der Waals surface area contributed by atoms with Crippen LogP contribution in [0.5, 0.6) is 5.75 Å². The average molecular weight is 463 g/mol. The maximum Gasteiger partial charge on any atom is 0.290 e. The summed E-state index contributed by atoms with van der Waals surface area (Å²) in [6, 6.07) is 12.0. The Morgan fingerprint density at radius 1 is 1.12 bits per heavy atom. The molecule has 4 aromatic rings. The Balaban J connectivity index is 1.55. The number of amides is 2. The fraction of sp³-hybridized carbons (Fsp3) is 0.250. The molecule has 1 aliphatic heterocycles. The normalized spacial score (nSPS) is 14.8. The van der Waals surface area contributed by atoms with Crippen molar-refractivity contribution in [2.75, 3.05) is 13.2 Å². The molecule has 0 fully saturated rings. The third kappa shape index (κ3) is 4.21. The number of fused-ring (bicyclic) bond motifs is 4. The number of hydrogen-bond donors (Lipinski definition) is 1. The van der Waals surface area contributed by atoms with Crippen molar-refractivity contribution in [1.29, 1.82) is 0 Å². The number of nitrogens with zero attached hydrogens (tertiary/aromatic N) is 4. The maximum atomic E-state index is 14.3. The van der Waals surface area contributed by atoms with Gasteiger partial charge in [0.2, 0.25) is 5.91 Å². The van der Waals surface area contributed by atoms with Crippen molar-refractivity contribution in [1.82, 2.24) is 25.2 Å². The molecule has 2 amide bonds. The molecule has 2 aromatic heterocycles. The summed E-state index contributed by atoms with van der Waals surface area (Å²) in [5.41, 5.74) is 1.87. The number of aryl methyl sites for hydroxylation is 1. The topological polar surface area (TPSA) is 102 Å². The molecule has 0 aliphatic carbocycles. The van der Waals surface area contributed by atoms with Gasteiger partial charge in [0.25, 0.3) is 5.91 Å². The minimum absolute atomic E-state index is 0.000504. The van der Waals surface area contributed by atoms with E-state index in [9.17, 15) is 14.0 Å². The van der Waals surface area contributed by atoms with E-state index in [0.29, 0.717) is 28.9 Å². The van der Waals surface area contributed by atoms with E-state index in [1.807, 2.05) is 24.3 Å². The molecule has 1 N–H and O–H groups in total. The van der Waals surface area contributed by atoms with Gasteiger partial charge in [-0.3, -0.25) is 9.59 Å². The van der Waals surface area contributed by atoms with Gasteiger partial charge < -0.3 is 19.4 Å². The lowest BCUT2D eigenvalue weighted by Crippen LogP contribution is -2.32. The lowest BCUT2D eigenvalue weighted by molar-refractivity contribution is -0.122. The van der Waals surface area contributed by atoms with Crippen LogP contribution in [0.25, 0.3) is 11.0 Å². The molecule has 0 saturated heterocycles. The van der Waals surface area contributed by atoms with Gasteiger partial charge in [-0.2, -0.15) is 0 Å². The fourth-order valence-electron chi connectivity index (χ4n) is 3.98. The molecule has 10 heteroatoms. The molecular weight excluding hydrogens is 441 g/mol. The molecule has 34 heavy (non-hydrogen) atoms. The zero-order valence-corrected chi connectivity index (χ0v) is 18.5. The van der Waals surface area contributed by atoms with Gasteiger partial charge >= 0.3 is 0 Å². The second-order valence-electron chi connectivity index (χ2n) is 8.05. The van der Waals surface area contributed by atoms with E-state index in [4.69, 9.17) is 9.15 Å². The molecule has 5 rings (SSSR count). The fourth-order valence-corrected chi connectivity index (χ4v) is 3.98. The first-order valence-corrected chi connectivity index (χ1v) is 10.8. The first kappa shape index (κ1) is 21.6. The average Bonchev–Trinajstić information content (AvgIpc) is 3.41. The number of carbonyl (C=O) groups is 2. The van der Waals surface area contributed by atoms with Gasteiger partial charge in [-0.15, -0.1) is 5.10 Å². The summed E-state index contributed by atoms with van der Waals surface area (Å²) in [5.74, 6) is -0.504. The van der Waals surface area contributed by atoms with Crippen LogP contribution < -0.4 is 10.1 Å². The predicted molar refractivity (Wildman–Crippen MR) is 119 cm³/mol. The highest BCUT2D eigenvalue weighted by molar-refractivity contribution is 5.99. The van der Waals surface area contributed by atoms with E-state index in [1.54, 1.807) is 30.2 Å². The van der Waals surface area contributed by atoms with Gasteiger partial charge in [0.1, 0.15) is 24.6 Å². The third-order valence-corrected chi connectivity index (χ3v) is 5.66. The van der Waals surface area contributed by atoms with Crippen molar-refractivity contribution in [2.24, 2.45) is 0 Å². The third-order valence-electron chi connectivity index (χ3n) is 5.66. The summed E-state index contributed by atoms with van der Waals surface area (Å²) >= 11 is 0. The summed E-state index contributed by atoms with van der Waals surface area (Å²) in [7, 11) is 0. The highest BCUT2D eigenvalue weighted by atomic mass is 19.1. The van der Waals surface area contributed by atoms with Crippen molar-refractivity contribution in [3.05, 3.63) is 77.1 Å². The zero-order chi connectivity index (χ0) is 23.7. The first-order chi connectivity index (χ1) is 16.5. The summed E-state index contributed by atoms with van der Waals surface area (Å²) in [6.07, 6.45) is 1.62. The monoisotopic (exact) mass is 463 g/mol. The van der Waals surface area contributed by atoms with Crippen molar-refractivity contribution < 1.29 is 23.1 Å². The number of benzene rings is 2. The number of carbonyl (C=O) groups excluding carboxylic acids is 2. The summed E-state index contributed by atoms with van der Waals surface area (Å²) in [5, 5.41) is 11.4. The van der Waals surface area contributed by atoms with Crippen LogP contribution in [0.1, 0.15) is 27.4 Å². The number of ether oxygens (including phenoxy) is 1. The number of furan rings is 1. The van der Waals surface area contributed by atoms with Crippen LogP contribution in [-0.4, -0.2) is 44.9 Å². The Hall–Kier alpha value is -4.21.